The summed E-state index contributed by atoms with van der Waals surface area (Å²) in [5.74, 6) is 2.94. The van der Waals surface area contributed by atoms with Crippen LogP contribution in [0.3, 0.4) is 0 Å². The molecule has 0 unspecified atom stereocenters. The van der Waals surface area contributed by atoms with E-state index >= 15 is 0 Å². The summed E-state index contributed by atoms with van der Waals surface area (Å²) < 4.78 is 1.75. The number of aromatic nitrogens is 3. The highest BCUT2D eigenvalue weighted by molar-refractivity contribution is 7.99. The third-order valence-electron chi connectivity index (χ3n) is 3.47. The minimum Gasteiger partial charge on any atom is -0.340 e. The number of rotatable bonds is 3. The van der Waals surface area contributed by atoms with Gasteiger partial charge in [0.2, 0.25) is 5.95 Å². The smallest absolute Gasteiger partial charge is 0.255 e. The molecule has 3 heterocycles. The maximum atomic E-state index is 12.4. The molecule has 0 bridgehead atoms. The van der Waals surface area contributed by atoms with E-state index in [9.17, 15) is 4.79 Å². The Labute approximate surface area is 128 Å². The third kappa shape index (κ3) is 3.26. The Balaban J connectivity index is 1.99. The summed E-state index contributed by atoms with van der Waals surface area (Å²) >= 11 is 1.94. The van der Waals surface area contributed by atoms with Crippen LogP contribution in [0.25, 0.3) is 0 Å². The maximum absolute atomic E-state index is 12.4. The van der Waals surface area contributed by atoms with Crippen LogP contribution in [0.5, 0.6) is 0 Å². The van der Waals surface area contributed by atoms with Gasteiger partial charge in [0.15, 0.2) is 0 Å². The van der Waals surface area contributed by atoms with E-state index < -0.39 is 0 Å². The summed E-state index contributed by atoms with van der Waals surface area (Å²) in [6, 6.07) is 5.47. The average Bonchev–Trinajstić information content (AvgIpc) is 2.51. The second kappa shape index (κ2) is 6.30. The minimum atomic E-state index is -0.000389. The van der Waals surface area contributed by atoms with Gasteiger partial charge in [0.1, 0.15) is 0 Å². The van der Waals surface area contributed by atoms with E-state index in [0.29, 0.717) is 6.54 Å². The topological polar surface area (TPSA) is 51.0 Å². The monoisotopic (exact) mass is 302 g/mol. The first kappa shape index (κ1) is 14.1. The van der Waals surface area contributed by atoms with Gasteiger partial charge in [0, 0.05) is 48.7 Å². The zero-order chi connectivity index (χ0) is 14.7. The fourth-order valence-electron chi connectivity index (χ4n) is 2.43. The van der Waals surface area contributed by atoms with Crippen LogP contribution in [0, 0.1) is 6.92 Å². The number of nitrogens with zero attached hydrogens (tertiary/aromatic N) is 4. The molecule has 21 heavy (non-hydrogen) atoms. The zero-order valence-corrected chi connectivity index (χ0v) is 12.8. The van der Waals surface area contributed by atoms with Gasteiger partial charge in [-0.3, -0.25) is 14.3 Å². The first-order chi connectivity index (χ1) is 10.2. The molecule has 0 N–H and O–H groups in total. The van der Waals surface area contributed by atoms with Crippen molar-refractivity contribution >= 4 is 17.7 Å². The molecular formula is C15H18N4OS. The van der Waals surface area contributed by atoms with Crippen LogP contribution >= 0.6 is 11.8 Å². The van der Waals surface area contributed by atoms with E-state index in [1.807, 2.05) is 30.8 Å². The molecule has 5 nitrogen and oxygen atoms in total. The molecule has 0 aromatic carbocycles. The average molecular weight is 302 g/mol. The van der Waals surface area contributed by atoms with Gasteiger partial charge in [-0.1, -0.05) is 6.07 Å². The second-order valence-corrected chi connectivity index (χ2v) is 6.31. The first-order valence-corrected chi connectivity index (χ1v) is 8.19. The van der Waals surface area contributed by atoms with E-state index in [1.165, 1.54) is 0 Å². The number of hydrogen-bond donors (Lipinski definition) is 0. The first-order valence-electron chi connectivity index (χ1n) is 7.04. The Bertz CT molecular complexity index is 665. The van der Waals surface area contributed by atoms with Crippen LogP contribution in [-0.4, -0.2) is 39.1 Å². The molecule has 0 atom stereocenters. The standard InChI is InChI=1S/C15H18N4OS/c1-12-9-14(20)19(11-13-3-2-4-16-10-13)15(17-12)18-5-7-21-8-6-18/h2-4,9-10H,5-8,11H2,1H3. The third-order valence-corrected chi connectivity index (χ3v) is 4.42. The molecule has 1 saturated heterocycles. The predicted octanol–water partition coefficient (Wildman–Crippen LogP) is 1.55. The fraction of sp³-hybridized carbons (Fsp3) is 0.400. The van der Waals surface area contributed by atoms with E-state index in [4.69, 9.17) is 0 Å². The SMILES string of the molecule is Cc1cc(=O)n(Cc2cccnc2)c(N2CCSCC2)n1. The van der Waals surface area contributed by atoms with Gasteiger partial charge in [-0.05, 0) is 18.6 Å². The van der Waals surface area contributed by atoms with Gasteiger partial charge in [-0.2, -0.15) is 11.8 Å². The van der Waals surface area contributed by atoms with Crippen molar-refractivity contribution in [3.63, 3.8) is 0 Å². The van der Waals surface area contributed by atoms with Crippen LogP contribution < -0.4 is 10.5 Å². The summed E-state index contributed by atoms with van der Waals surface area (Å²) in [6.45, 7) is 4.26. The Kier molecular flexibility index (Phi) is 4.24. The van der Waals surface area contributed by atoms with E-state index in [-0.39, 0.29) is 5.56 Å². The van der Waals surface area contributed by atoms with Crippen molar-refractivity contribution < 1.29 is 0 Å². The highest BCUT2D eigenvalue weighted by atomic mass is 32.2. The van der Waals surface area contributed by atoms with Crippen molar-refractivity contribution in [3.05, 3.63) is 52.2 Å². The fourth-order valence-corrected chi connectivity index (χ4v) is 3.34. The minimum absolute atomic E-state index is 0.000389. The van der Waals surface area contributed by atoms with Crippen molar-refractivity contribution in [2.45, 2.75) is 13.5 Å². The molecule has 3 rings (SSSR count). The summed E-state index contributed by atoms with van der Waals surface area (Å²) in [5, 5.41) is 0. The number of aryl methyl sites for hydroxylation is 1. The molecule has 2 aromatic rings. The number of anilines is 1. The quantitative estimate of drug-likeness (QED) is 0.861. The van der Waals surface area contributed by atoms with Gasteiger partial charge in [-0.25, -0.2) is 4.98 Å². The molecule has 1 aliphatic heterocycles. The molecule has 0 radical (unpaired) electrons. The summed E-state index contributed by atoms with van der Waals surface area (Å²) in [6.07, 6.45) is 3.53. The van der Waals surface area contributed by atoms with Crippen LogP contribution in [0.2, 0.25) is 0 Å². The molecule has 1 aliphatic rings. The highest BCUT2D eigenvalue weighted by Gasteiger charge is 2.17. The molecule has 2 aromatic heterocycles. The van der Waals surface area contributed by atoms with Crippen LogP contribution in [0.15, 0.2) is 35.4 Å². The van der Waals surface area contributed by atoms with Crippen molar-refractivity contribution in [2.75, 3.05) is 29.5 Å². The predicted molar refractivity (Wildman–Crippen MR) is 86.1 cm³/mol. The van der Waals surface area contributed by atoms with Crippen LogP contribution in [-0.2, 0) is 6.54 Å². The molecule has 0 amide bonds. The summed E-state index contributed by atoms with van der Waals surface area (Å²) in [4.78, 5) is 23.3. The maximum Gasteiger partial charge on any atom is 0.255 e. The van der Waals surface area contributed by atoms with Crippen LogP contribution in [0.4, 0.5) is 5.95 Å². The lowest BCUT2D eigenvalue weighted by Crippen LogP contribution is -2.38. The van der Waals surface area contributed by atoms with E-state index in [0.717, 1.165) is 41.8 Å². The Hall–Kier alpha value is -1.82. The van der Waals surface area contributed by atoms with Crippen molar-refractivity contribution in [1.29, 1.82) is 0 Å². The second-order valence-electron chi connectivity index (χ2n) is 5.08. The van der Waals surface area contributed by atoms with Crippen molar-refractivity contribution in [2.24, 2.45) is 0 Å². The normalized spacial score (nSPS) is 15.2. The van der Waals surface area contributed by atoms with Gasteiger partial charge in [0.05, 0.1) is 6.54 Å². The number of thioether (sulfide) groups is 1. The molecule has 1 fully saturated rings. The molecular weight excluding hydrogens is 284 g/mol. The van der Waals surface area contributed by atoms with Gasteiger partial charge < -0.3 is 4.90 Å². The van der Waals surface area contributed by atoms with E-state index in [1.54, 1.807) is 23.0 Å². The largest absolute Gasteiger partial charge is 0.340 e. The molecule has 0 spiro atoms. The van der Waals surface area contributed by atoms with Crippen molar-refractivity contribution in [3.8, 4) is 0 Å². The summed E-state index contributed by atoms with van der Waals surface area (Å²) in [5.41, 5.74) is 1.79. The Morgan fingerprint density at radius 2 is 2.14 bits per heavy atom. The molecule has 0 saturated carbocycles. The van der Waals surface area contributed by atoms with Crippen molar-refractivity contribution in [1.82, 2.24) is 14.5 Å². The number of pyridine rings is 1. The Morgan fingerprint density at radius 3 is 2.86 bits per heavy atom. The lowest BCUT2D eigenvalue weighted by atomic mass is 10.3. The zero-order valence-electron chi connectivity index (χ0n) is 12.0. The molecule has 110 valence electrons. The number of hydrogen-bond acceptors (Lipinski definition) is 5. The summed E-state index contributed by atoms with van der Waals surface area (Å²) in [7, 11) is 0. The van der Waals surface area contributed by atoms with Crippen LogP contribution in [0.1, 0.15) is 11.3 Å². The van der Waals surface area contributed by atoms with Gasteiger partial charge >= 0.3 is 0 Å². The van der Waals surface area contributed by atoms with Gasteiger partial charge in [-0.15, -0.1) is 0 Å². The Morgan fingerprint density at radius 1 is 1.33 bits per heavy atom. The highest BCUT2D eigenvalue weighted by Crippen LogP contribution is 2.17. The lowest BCUT2D eigenvalue weighted by molar-refractivity contribution is 0.681. The lowest BCUT2D eigenvalue weighted by Gasteiger charge is -2.29. The molecule has 0 aliphatic carbocycles. The molecule has 6 heteroatoms. The van der Waals surface area contributed by atoms with E-state index in [2.05, 4.69) is 14.9 Å². The van der Waals surface area contributed by atoms with Gasteiger partial charge in [0.25, 0.3) is 5.56 Å².